The number of hydrogen-bond acceptors (Lipinski definition) is 4. The van der Waals surface area contributed by atoms with Gasteiger partial charge in [0.1, 0.15) is 5.69 Å². The first-order chi connectivity index (χ1) is 11.2. The second kappa shape index (κ2) is 7.75. The van der Waals surface area contributed by atoms with E-state index in [2.05, 4.69) is 20.6 Å². The molecule has 0 atom stereocenters. The Bertz CT molecular complexity index is 534. The summed E-state index contributed by atoms with van der Waals surface area (Å²) in [6.45, 7) is 1.92. The molecule has 126 valence electrons. The third-order valence-corrected chi connectivity index (χ3v) is 4.97. The molecule has 1 heterocycles. The SMILES string of the molecule is Cc1cc(C(=O)NC2CCCCC2)nc(NC2CCCCC2)n1. The van der Waals surface area contributed by atoms with Crippen LogP contribution in [0.1, 0.15) is 80.4 Å². The van der Waals surface area contributed by atoms with E-state index in [0.717, 1.165) is 18.5 Å². The van der Waals surface area contributed by atoms with E-state index in [1.807, 2.05) is 6.92 Å². The fourth-order valence-electron chi connectivity index (χ4n) is 3.69. The van der Waals surface area contributed by atoms with Crippen molar-refractivity contribution < 1.29 is 4.79 Å². The standard InChI is InChI=1S/C18H28N4O/c1-13-12-16(17(23)20-14-8-4-2-5-9-14)22-18(19-13)21-15-10-6-3-7-11-15/h12,14-15H,2-11H2,1H3,(H,20,23)(H,19,21,22). The Morgan fingerprint density at radius 1 is 0.957 bits per heavy atom. The van der Waals surface area contributed by atoms with Gasteiger partial charge >= 0.3 is 0 Å². The van der Waals surface area contributed by atoms with E-state index in [1.54, 1.807) is 6.07 Å². The van der Waals surface area contributed by atoms with Crippen molar-refractivity contribution in [1.82, 2.24) is 15.3 Å². The van der Waals surface area contributed by atoms with Crippen LogP contribution in [-0.4, -0.2) is 28.0 Å². The van der Waals surface area contributed by atoms with Crippen LogP contribution < -0.4 is 10.6 Å². The second-order valence-electron chi connectivity index (χ2n) is 7.01. The second-order valence-corrected chi connectivity index (χ2v) is 7.01. The number of amides is 1. The van der Waals surface area contributed by atoms with Crippen LogP contribution in [0.15, 0.2) is 6.07 Å². The fraction of sp³-hybridized carbons (Fsp3) is 0.722. The molecule has 5 heteroatoms. The van der Waals surface area contributed by atoms with Gasteiger partial charge in [-0.2, -0.15) is 0 Å². The monoisotopic (exact) mass is 316 g/mol. The van der Waals surface area contributed by atoms with E-state index in [-0.39, 0.29) is 5.91 Å². The Morgan fingerprint density at radius 2 is 1.57 bits per heavy atom. The molecule has 0 radical (unpaired) electrons. The van der Waals surface area contributed by atoms with Crippen molar-refractivity contribution in [2.75, 3.05) is 5.32 Å². The Hall–Kier alpha value is -1.65. The summed E-state index contributed by atoms with van der Waals surface area (Å²) in [5.74, 6) is 0.541. The minimum atomic E-state index is -0.0610. The lowest BCUT2D eigenvalue weighted by atomic mass is 9.95. The summed E-state index contributed by atoms with van der Waals surface area (Å²) in [5.41, 5.74) is 1.33. The van der Waals surface area contributed by atoms with Crippen LogP contribution in [0.2, 0.25) is 0 Å². The van der Waals surface area contributed by atoms with E-state index in [1.165, 1.54) is 51.4 Å². The molecule has 0 aliphatic heterocycles. The van der Waals surface area contributed by atoms with E-state index < -0.39 is 0 Å². The zero-order chi connectivity index (χ0) is 16.1. The topological polar surface area (TPSA) is 66.9 Å². The number of anilines is 1. The van der Waals surface area contributed by atoms with Crippen LogP contribution >= 0.6 is 0 Å². The van der Waals surface area contributed by atoms with Gasteiger partial charge < -0.3 is 10.6 Å². The maximum absolute atomic E-state index is 12.5. The van der Waals surface area contributed by atoms with Gasteiger partial charge in [0.05, 0.1) is 0 Å². The predicted octanol–water partition coefficient (Wildman–Crippen LogP) is 3.59. The summed E-state index contributed by atoms with van der Waals surface area (Å²) >= 11 is 0. The third kappa shape index (κ3) is 4.66. The van der Waals surface area contributed by atoms with Crippen LogP contribution in [0.3, 0.4) is 0 Å². The number of aryl methyl sites for hydroxylation is 1. The van der Waals surface area contributed by atoms with Crippen molar-refractivity contribution in [3.63, 3.8) is 0 Å². The summed E-state index contributed by atoms with van der Waals surface area (Å²) in [6, 6.07) is 2.53. The van der Waals surface area contributed by atoms with Gasteiger partial charge in [0.25, 0.3) is 5.91 Å². The molecule has 0 aromatic carbocycles. The van der Waals surface area contributed by atoms with Crippen molar-refractivity contribution in [1.29, 1.82) is 0 Å². The summed E-state index contributed by atoms with van der Waals surface area (Å²) in [4.78, 5) is 21.4. The molecule has 3 rings (SSSR count). The quantitative estimate of drug-likeness (QED) is 0.891. The summed E-state index contributed by atoms with van der Waals surface area (Å²) < 4.78 is 0. The molecular formula is C18H28N4O. The summed E-state index contributed by atoms with van der Waals surface area (Å²) in [5, 5.41) is 6.55. The van der Waals surface area contributed by atoms with Gasteiger partial charge in [-0.3, -0.25) is 4.79 Å². The van der Waals surface area contributed by atoms with Gasteiger partial charge in [0, 0.05) is 17.8 Å². The van der Waals surface area contributed by atoms with E-state index in [9.17, 15) is 4.79 Å². The molecule has 1 amide bonds. The molecule has 0 spiro atoms. The molecule has 0 saturated heterocycles. The molecule has 2 saturated carbocycles. The normalized spacial score (nSPS) is 20.2. The highest BCUT2D eigenvalue weighted by atomic mass is 16.1. The Kier molecular flexibility index (Phi) is 5.47. The van der Waals surface area contributed by atoms with Crippen LogP contribution in [0.5, 0.6) is 0 Å². The van der Waals surface area contributed by atoms with E-state index >= 15 is 0 Å². The minimum Gasteiger partial charge on any atom is -0.351 e. The minimum absolute atomic E-state index is 0.0610. The molecule has 5 nitrogen and oxygen atoms in total. The molecule has 2 aliphatic rings. The van der Waals surface area contributed by atoms with Gasteiger partial charge in [-0.1, -0.05) is 38.5 Å². The van der Waals surface area contributed by atoms with Crippen molar-refractivity contribution >= 4 is 11.9 Å². The zero-order valence-corrected chi connectivity index (χ0v) is 14.1. The lowest BCUT2D eigenvalue weighted by molar-refractivity contribution is 0.0922. The maximum Gasteiger partial charge on any atom is 0.270 e. The van der Waals surface area contributed by atoms with Crippen molar-refractivity contribution in [2.24, 2.45) is 0 Å². The van der Waals surface area contributed by atoms with Crippen molar-refractivity contribution in [3.05, 3.63) is 17.5 Å². The lowest BCUT2D eigenvalue weighted by Crippen LogP contribution is -2.36. The molecule has 2 fully saturated rings. The fourth-order valence-corrected chi connectivity index (χ4v) is 3.69. The largest absolute Gasteiger partial charge is 0.351 e. The first-order valence-corrected chi connectivity index (χ1v) is 9.14. The molecule has 0 bridgehead atoms. The average Bonchev–Trinajstić information content (AvgIpc) is 2.56. The predicted molar refractivity (Wildman–Crippen MR) is 91.6 cm³/mol. The Balaban J connectivity index is 1.65. The van der Waals surface area contributed by atoms with Gasteiger partial charge in [0.2, 0.25) is 5.95 Å². The van der Waals surface area contributed by atoms with E-state index in [0.29, 0.717) is 23.7 Å². The van der Waals surface area contributed by atoms with Crippen LogP contribution in [-0.2, 0) is 0 Å². The smallest absolute Gasteiger partial charge is 0.270 e. The van der Waals surface area contributed by atoms with Crippen LogP contribution in [0, 0.1) is 6.92 Å². The van der Waals surface area contributed by atoms with Gasteiger partial charge in [-0.25, -0.2) is 9.97 Å². The van der Waals surface area contributed by atoms with Gasteiger partial charge in [0.15, 0.2) is 0 Å². The molecule has 2 N–H and O–H groups in total. The Labute approximate surface area is 138 Å². The number of nitrogens with one attached hydrogen (secondary N) is 2. The first kappa shape index (κ1) is 16.2. The number of aromatic nitrogens is 2. The van der Waals surface area contributed by atoms with Crippen molar-refractivity contribution in [2.45, 2.75) is 83.2 Å². The average molecular weight is 316 g/mol. The van der Waals surface area contributed by atoms with Crippen LogP contribution in [0.25, 0.3) is 0 Å². The van der Waals surface area contributed by atoms with E-state index in [4.69, 9.17) is 0 Å². The number of hydrogen-bond donors (Lipinski definition) is 2. The van der Waals surface area contributed by atoms with Crippen LogP contribution in [0.4, 0.5) is 5.95 Å². The molecule has 1 aromatic heterocycles. The summed E-state index contributed by atoms with van der Waals surface area (Å²) in [6.07, 6.45) is 12.1. The number of nitrogens with zero attached hydrogens (tertiary/aromatic N) is 2. The Morgan fingerprint density at radius 3 is 2.22 bits per heavy atom. The molecular weight excluding hydrogens is 288 g/mol. The van der Waals surface area contributed by atoms with Gasteiger partial charge in [-0.15, -0.1) is 0 Å². The maximum atomic E-state index is 12.5. The van der Waals surface area contributed by atoms with Gasteiger partial charge in [-0.05, 0) is 38.7 Å². The summed E-state index contributed by atoms with van der Waals surface area (Å²) in [7, 11) is 0. The highest BCUT2D eigenvalue weighted by Gasteiger charge is 2.19. The molecule has 0 unspecified atom stereocenters. The molecule has 23 heavy (non-hydrogen) atoms. The number of carbonyl (C=O) groups excluding carboxylic acids is 1. The first-order valence-electron chi connectivity index (χ1n) is 9.14. The lowest BCUT2D eigenvalue weighted by Gasteiger charge is -2.24. The van der Waals surface area contributed by atoms with Crippen molar-refractivity contribution in [3.8, 4) is 0 Å². The third-order valence-electron chi connectivity index (χ3n) is 4.97. The number of carbonyl (C=O) groups is 1. The highest BCUT2D eigenvalue weighted by Crippen LogP contribution is 2.21. The number of rotatable bonds is 4. The molecule has 2 aliphatic carbocycles. The highest BCUT2D eigenvalue weighted by molar-refractivity contribution is 5.92. The zero-order valence-electron chi connectivity index (χ0n) is 14.1. The molecule has 1 aromatic rings.